The first-order valence-corrected chi connectivity index (χ1v) is 5.19. The van der Waals surface area contributed by atoms with Gasteiger partial charge in [0.2, 0.25) is 5.82 Å². The van der Waals surface area contributed by atoms with E-state index < -0.39 is 0 Å². The first kappa shape index (κ1) is 10.3. The van der Waals surface area contributed by atoms with Gasteiger partial charge in [-0.1, -0.05) is 5.16 Å². The predicted octanol–water partition coefficient (Wildman–Crippen LogP) is 1.34. The van der Waals surface area contributed by atoms with E-state index in [9.17, 15) is 0 Å². The Hall–Kier alpha value is -2.88. The van der Waals surface area contributed by atoms with Crippen LogP contribution in [0.3, 0.4) is 0 Å². The third-order valence-corrected chi connectivity index (χ3v) is 2.48. The average molecular weight is 240 g/mol. The van der Waals surface area contributed by atoms with Crippen molar-refractivity contribution < 1.29 is 4.52 Å². The molecule has 7 heteroatoms. The van der Waals surface area contributed by atoms with Gasteiger partial charge < -0.3 is 14.1 Å². The Bertz CT molecular complexity index is 729. The minimum atomic E-state index is 0.328. The van der Waals surface area contributed by atoms with Crippen molar-refractivity contribution in [2.45, 2.75) is 0 Å². The Balaban J connectivity index is 1.99. The van der Waals surface area contributed by atoms with Crippen LogP contribution in [0.25, 0.3) is 23.2 Å². The maximum Gasteiger partial charge on any atom is 0.274 e. The Kier molecular flexibility index (Phi) is 2.20. The van der Waals surface area contributed by atoms with Gasteiger partial charge in [-0.2, -0.15) is 10.2 Å². The highest BCUT2D eigenvalue weighted by Gasteiger charge is 2.14. The lowest BCUT2D eigenvalue weighted by Gasteiger charge is -1.92. The van der Waals surface area contributed by atoms with E-state index in [-0.39, 0.29) is 0 Å². The lowest BCUT2D eigenvalue weighted by molar-refractivity contribution is 0.430. The number of nitrogens with one attached hydrogen (secondary N) is 1. The summed E-state index contributed by atoms with van der Waals surface area (Å²) in [6, 6.07) is 5.37. The number of hydrogen-bond acceptors (Lipinski definition) is 5. The van der Waals surface area contributed by atoms with Crippen molar-refractivity contribution in [2.24, 2.45) is 7.05 Å². The fourth-order valence-electron chi connectivity index (χ4n) is 1.59. The zero-order valence-corrected chi connectivity index (χ0v) is 9.45. The van der Waals surface area contributed by atoms with Gasteiger partial charge in [-0.25, -0.2) is 4.98 Å². The van der Waals surface area contributed by atoms with Gasteiger partial charge in [0, 0.05) is 19.4 Å². The molecule has 0 aromatic carbocycles. The highest BCUT2D eigenvalue weighted by atomic mass is 16.5. The van der Waals surface area contributed by atoms with E-state index in [4.69, 9.17) is 9.78 Å². The molecule has 0 spiro atoms. The third-order valence-electron chi connectivity index (χ3n) is 2.48. The molecule has 0 atom stereocenters. The van der Waals surface area contributed by atoms with Crippen molar-refractivity contribution in [3.05, 3.63) is 30.2 Å². The topological polar surface area (TPSA) is 96.3 Å². The van der Waals surface area contributed by atoms with Crippen LogP contribution < -0.4 is 0 Å². The van der Waals surface area contributed by atoms with Crippen molar-refractivity contribution in [3.8, 4) is 29.3 Å². The fraction of sp³-hybridized carbons (Fsp3) is 0.0909. The molecule has 0 unspecified atom stereocenters. The summed E-state index contributed by atoms with van der Waals surface area (Å²) in [5, 5.41) is 12.6. The van der Waals surface area contributed by atoms with Gasteiger partial charge in [0.15, 0.2) is 5.82 Å². The molecule has 7 nitrogen and oxygen atoms in total. The summed E-state index contributed by atoms with van der Waals surface area (Å²) in [7, 11) is 1.85. The molecule has 0 radical (unpaired) electrons. The van der Waals surface area contributed by atoms with Crippen LogP contribution >= 0.6 is 0 Å². The van der Waals surface area contributed by atoms with Crippen LogP contribution in [0, 0.1) is 11.3 Å². The first-order valence-electron chi connectivity index (χ1n) is 5.19. The highest BCUT2D eigenvalue weighted by molar-refractivity contribution is 5.53. The van der Waals surface area contributed by atoms with Gasteiger partial charge in [-0.05, 0) is 12.1 Å². The Morgan fingerprint density at radius 2 is 2.33 bits per heavy atom. The number of imidazole rings is 1. The van der Waals surface area contributed by atoms with Gasteiger partial charge in [0.1, 0.15) is 17.5 Å². The molecule has 18 heavy (non-hydrogen) atoms. The summed E-state index contributed by atoms with van der Waals surface area (Å²) in [5.41, 5.74) is 1.06. The molecule has 0 aliphatic rings. The van der Waals surface area contributed by atoms with Crippen molar-refractivity contribution in [1.82, 2.24) is 24.7 Å². The zero-order chi connectivity index (χ0) is 12.5. The second-order valence-electron chi connectivity index (χ2n) is 3.68. The van der Waals surface area contributed by atoms with E-state index in [2.05, 4.69) is 20.1 Å². The number of hydrogen-bond donors (Lipinski definition) is 1. The van der Waals surface area contributed by atoms with Crippen LogP contribution in [0.2, 0.25) is 0 Å². The standard InChI is InChI=1S/C11H8N6O/c1-17-5-4-13-10(17)9-15-11(18-16-9)8-3-2-7(6-12)14-8/h2-5,14H,1H3. The normalized spacial score (nSPS) is 10.4. The van der Waals surface area contributed by atoms with E-state index in [1.54, 1.807) is 29.1 Å². The molecule has 88 valence electrons. The van der Waals surface area contributed by atoms with E-state index in [1.807, 2.05) is 13.1 Å². The van der Waals surface area contributed by atoms with E-state index in [0.29, 0.717) is 28.9 Å². The SMILES string of the molecule is Cn1ccnc1-c1noc(-c2ccc(C#N)[nH]2)n1. The largest absolute Gasteiger partial charge is 0.342 e. The molecule has 0 fully saturated rings. The summed E-state index contributed by atoms with van der Waals surface area (Å²) < 4.78 is 6.93. The Labute approximate surface area is 102 Å². The molecule has 0 saturated carbocycles. The number of aryl methyl sites for hydroxylation is 1. The second kappa shape index (κ2) is 3.85. The monoisotopic (exact) mass is 240 g/mol. The fourth-order valence-corrected chi connectivity index (χ4v) is 1.59. The Morgan fingerprint density at radius 3 is 3.00 bits per heavy atom. The van der Waals surface area contributed by atoms with Gasteiger partial charge >= 0.3 is 0 Å². The summed E-state index contributed by atoms with van der Waals surface area (Å²) in [4.78, 5) is 11.2. The molecule has 0 aliphatic carbocycles. The molecule has 3 aromatic heterocycles. The highest BCUT2D eigenvalue weighted by Crippen LogP contribution is 2.20. The lowest BCUT2D eigenvalue weighted by Crippen LogP contribution is -1.92. The molecular weight excluding hydrogens is 232 g/mol. The maximum atomic E-state index is 8.73. The number of aromatic nitrogens is 5. The molecule has 0 amide bonds. The van der Waals surface area contributed by atoms with Gasteiger partial charge in [-0.3, -0.25) is 0 Å². The average Bonchev–Trinajstić information content (AvgIpc) is 3.07. The van der Waals surface area contributed by atoms with Crippen molar-refractivity contribution in [3.63, 3.8) is 0 Å². The van der Waals surface area contributed by atoms with Crippen LogP contribution in [-0.4, -0.2) is 24.7 Å². The zero-order valence-electron chi connectivity index (χ0n) is 9.45. The van der Waals surface area contributed by atoms with Crippen LogP contribution in [0.4, 0.5) is 0 Å². The smallest absolute Gasteiger partial charge is 0.274 e. The van der Waals surface area contributed by atoms with Crippen molar-refractivity contribution in [1.29, 1.82) is 5.26 Å². The Morgan fingerprint density at radius 1 is 1.44 bits per heavy atom. The van der Waals surface area contributed by atoms with Crippen LogP contribution in [-0.2, 0) is 7.05 Å². The van der Waals surface area contributed by atoms with Crippen LogP contribution in [0.5, 0.6) is 0 Å². The van der Waals surface area contributed by atoms with Crippen molar-refractivity contribution >= 4 is 0 Å². The summed E-state index contributed by atoms with van der Waals surface area (Å²) in [6.45, 7) is 0. The molecular formula is C11H8N6O. The first-order chi connectivity index (χ1) is 8.78. The summed E-state index contributed by atoms with van der Waals surface area (Å²) in [6.07, 6.45) is 3.46. The number of nitriles is 1. The summed E-state index contributed by atoms with van der Waals surface area (Å²) >= 11 is 0. The van der Waals surface area contributed by atoms with E-state index >= 15 is 0 Å². The molecule has 0 aliphatic heterocycles. The van der Waals surface area contributed by atoms with Gasteiger partial charge in [0.05, 0.1) is 0 Å². The molecule has 3 heterocycles. The van der Waals surface area contributed by atoms with E-state index in [0.717, 1.165) is 0 Å². The van der Waals surface area contributed by atoms with Gasteiger partial charge in [-0.15, -0.1) is 0 Å². The van der Waals surface area contributed by atoms with Crippen LogP contribution in [0.15, 0.2) is 29.0 Å². The number of aromatic amines is 1. The third kappa shape index (κ3) is 1.56. The molecule has 3 rings (SSSR count). The van der Waals surface area contributed by atoms with Crippen molar-refractivity contribution in [2.75, 3.05) is 0 Å². The maximum absolute atomic E-state index is 8.73. The van der Waals surface area contributed by atoms with Gasteiger partial charge in [0.25, 0.3) is 5.89 Å². The molecule has 0 saturated heterocycles. The van der Waals surface area contributed by atoms with E-state index in [1.165, 1.54) is 0 Å². The predicted molar refractivity (Wildman–Crippen MR) is 61.0 cm³/mol. The minimum absolute atomic E-state index is 0.328. The minimum Gasteiger partial charge on any atom is -0.342 e. The van der Waals surface area contributed by atoms with Crippen LogP contribution in [0.1, 0.15) is 5.69 Å². The molecule has 0 bridgehead atoms. The summed E-state index contributed by atoms with van der Waals surface area (Å²) in [5.74, 6) is 1.36. The number of rotatable bonds is 2. The lowest BCUT2D eigenvalue weighted by atomic mass is 10.4. The number of H-pyrrole nitrogens is 1. The molecule has 1 N–H and O–H groups in total. The molecule has 3 aromatic rings. The number of nitrogens with zero attached hydrogens (tertiary/aromatic N) is 5. The quantitative estimate of drug-likeness (QED) is 0.729. The second-order valence-corrected chi connectivity index (χ2v) is 3.68.